The van der Waals surface area contributed by atoms with E-state index < -0.39 is 21.8 Å². The van der Waals surface area contributed by atoms with Crippen molar-refractivity contribution in [3.8, 4) is 0 Å². The Bertz CT molecular complexity index is 1110. The molecule has 1 heterocycles. The number of ketones is 1. The molecule has 3 rings (SSSR count). The Kier molecular flexibility index (Phi) is 6.10. The van der Waals surface area contributed by atoms with Crippen molar-refractivity contribution < 1.29 is 22.7 Å². The highest BCUT2D eigenvalue weighted by Gasteiger charge is 2.40. The highest BCUT2D eigenvalue weighted by Crippen LogP contribution is 2.38. The standard InChI is InChI=1S/C21H20ClNO5S/c1-3-4-13-23-19(14(2)24)20(16-10-6-8-12-18(16)29(23,26)27)28-21(25)15-9-5-7-11-17(15)22/h5-12H,3-4,13H2,1-2H3. The fourth-order valence-corrected chi connectivity index (χ4v) is 5.07. The molecular weight excluding hydrogens is 414 g/mol. The largest absolute Gasteiger partial charge is 0.420 e. The van der Waals surface area contributed by atoms with E-state index in [1.807, 2.05) is 6.92 Å². The van der Waals surface area contributed by atoms with Gasteiger partial charge in [0.2, 0.25) is 0 Å². The quantitative estimate of drug-likeness (QED) is 0.636. The molecule has 0 saturated carbocycles. The Balaban J connectivity index is 2.20. The van der Waals surface area contributed by atoms with Crippen molar-refractivity contribution in [1.82, 2.24) is 4.31 Å². The van der Waals surface area contributed by atoms with Gasteiger partial charge in [0.25, 0.3) is 10.0 Å². The average Bonchev–Trinajstić information content (AvgIpc) is 2.69. The molecule has 0 aromatic heterocycles. The van der Waals surface area contributed by atoms with Crippen LogP contribution in [0.5, 0.6) is 0 Å². The molecule has 1 aliphatic heterocycles. The van der Waals surface area contributed by atoms with Crippen LogP contribution in [0.4, 0.5) is 0 Å². The topological polar surface area (TPSA) is 80.8 Å². The Labute approximate surface area is 174 Å². The summed E-state index contributed by atoms with van der Waals surface area (Å²) in [6.45, 7) is 3.27. The summed E-state index contributed by atoms with van der Waals surface area (Å²) >= 11 is 6.09. The Hall–Kier alpha value is -2.64. The minimum atomic E-state index is -3.95. The van der Waals surface area contributed by atoms with Crippen LogP contribution in [0.3, 0.4) is 0 Å². The van der Waals surface area contributed by atoms with Crippen LogP contribution in [-0.2, 0) is 19.6 Å². The maximum Gasteiger partial charge on any atom is 0.345 e. The van der Waals surface area contributed by atoms with Crippen LogP contribution in [0.1, 0.15) is 42.6 Å². The summed E-state index contributed by atoms with van der Waals surface area (Å²) in [6.07, 6.45) is 1.28. The van der Waals surface area contributed by atoms with E-state index in [9.17, 15) is 18.0 Å². The number of unbranched alkanes of at least 4 members (excludes halogenated alkanes) is 1. The van der Waals surface area contributed by atoms with Gasteiger partial charge >= 0.3 is 5.97 Å². The number of carbonyl (C=O) groups is 2. The van der Waals surface area contributed by atoms with Gasteiger partial charge in [0.15, 0.2) is 11.5 Å². The van der Waals surface area contributed by atoms with Crippen molar-refractivity contribution in [3.63, 3.8) is 0 Å². The third kappa shape index (κ3) is 3.93. The molecule has 0 atom stereocenters. The lowest BCUT2D eigenvalue weighted by Gasteiger charge is -2.32. The second-order valence-electron chi connectivity index (χ2n) is 6.53. The number of hydrogen-bond acceptors (Lipinski definition) is 5. The molecule has 1 aliphatic rings. The van der Waals surface area contributed by atoms with Gasteiger partial charge in [-0.15, -0.1) is 0 Å². The first-order valence-electron chi connectivity index (χ1n) is 9.13. The summed E-state index contributed by atoms with van der Waals surface area (Å²) in [5, 5.41) is 0.196. The second-order valence-corrected chi connectivity index (χ2v) is 8.77. The zero-order chi connectivity index (χ0) is 21.2. The number of esters is 1. The first-order valence-corrected chi connectivity index (χ1v) is 10.9. The van der Waals surface area contributed by atoms with E-state index in [0.717, 1.165) is 10.7 Å². The van der Waals surface area contributed by atoms with Crippen molar-refractivity contribution in [2.24, 2.45) is 0 Å². The lowest BCUT2D eigenvalue weighted by Crippen LogP contribution is -2.38. The molecule has 2 aromatic carbocycles. The van der Waals surface area contributed by atoms with Crippen LogP contribution in [0.15, 0.2) is 59.1 Å². The van der Waals surface area contributed by atoms with Crippen molar-refractivity contribution in [2.45, 2.75) is 31.6 Å². The fraction of sp³-hybridized carbons (Fsp3) is 0.238. The third-order valence-electron chi connectivity index (χ3n) is 4.50. The van der Waals surface area contributed by atoms with Gasteiger partial charge in [0, 0.05) is 19.0 Å². The Morgan fingerprint density at radius 1 is 1.07 bits per heavy atom. The lowest BCUT2D eigenvalue weighted by atomic mass is 10.1. The molecule has 2 aromatic rings. The van der Waals surface area contributed by atoms with Crippen molar-refractivity contribution in [1.29, 1.82) is 0 Å². The maximum atomic E-state index is 13.2. The number of ether oxygens (including phenoxy) is 1. The van der Waals surface area contributed by atoms with E-state index in [0.29, 0.717) is 6.42 Å². The molecule has 8 heteroatoms. The minimum absolute atomic E-state index is 0.0111. The molecule has 0 bridgehead atoms. The van der Waals surface area contributed by atoms with Crippen LogP contribution in [-0.4, -0.2) is 31.0 Å². The number of carbonyl (C=O) groups excluding carboxylic acids is 2. The summed E-state index contributed by atoms with van der Waals surface area (Å²) in [5.41, 5.74) is 0.138. The normalized spacial score (nSPS) is 15.1. The molecule has 152 valence electrons. The number of fused-ring (bicyclic) bond motifs is 1. The summed E-state index contributed by atoms with van der Waals surface area (Å²) < 4.78 is 32.9. The van der Waals surface area contributed by atoms with Crippen molar-refractivity contribution in [3.05, 3.63) is 70.4 Å². The molecule has 0 aliphatic carbocycles. The minimum Gasteiger partial charge on any atom is -0.420 e. The predicted octanol–water partition coefficient (Wildman–Crippen LogP) is 4.26. The van der Waals surface area contributed by atoms with E-state index in [1.165, 1.54) is 25.1 Å². The molecule has 0 N–H and O–H groups in total. The van der Waals surface area contributed by atoms with E-state index in [2.05, 4.69) is 0 Å². The molecule has 6 nitrogen and oxygen atoms in total. The van der Waals surface area contributed by atoms with Crippen LogP contribution in [0, 0.1) is 0 Å². The zero-order valence-electron chi connectivity index (χ0n) is 16.0. The highest BCUT2D eigenvalue weighted by molar-refractivity contribution is 7.89. The van der Waals surface area contributed by atoms with Gasteiger partial charge in [-0.2, -0.15) is 0 Å². The van der Waals surface area contributed by atoms with Gasteiger partial charge in [-0.25, -0.2) is 13.2 Å². The first kappa shape index (κ1) is 21.1. The van der Waals surface area contributed by atoms with Gasteiger partial charge in [-0.1, -0.05) is 49.2 Å². The summed E-state index contributed by atoms with van der Waals surface area (Å²) in [4.78, 5) is 25.2. The highest BCUT2D eigenvalue weighted by atomic mass is 35.5. The average molecular weight is 434 g/mol. The SMILES string of the molecule is CCCCN1C(C(C)=O)=C(OC(=O)c2ccccc2Cl)c2ccccc2S1(=O)=O. The van der Waals surface area contributed by atoms with Crippen molar-refractivity contribution in [2.75, 3.05) is 6.54 Å². The molecule has 0 unspecified atom stereocenters. The smallest absolute Gasteiger partial charge is 0.345 e. The van der Waals surface area contributed by atoms with E-state index in [-0.39, 0.29) is 39.0 Å². The molecule has 0 saturated heterocycles. The number of benzene rings is 2. The van der Waals surface area contributed by atoms with Crippen LogP contribution in [0.25, 0.3) is 5.76 Å². The van der Waals surface area contributed by atoms with Gasteiger partial charge < -0.3 is 4.74 Å². The molecule has 29 heavy (non-hydrogen) atoms. The van der Waals surface area contributed by atoms with Crippen LogP contribution in [0.2, 0.25) is 5.02 Å². The number of nitrogens with zero attached hydrogens (tertiary/aromatic N) is 1. The molecule has 0 radical (unpaired) electrons. The molecular formula is C21H20ClNO5S. The number of rotatable bonds is 6. The zero-order valence-corrected chi connectivity index (χ0v) is 17.6. The Morgan fingerprint density at radius 2 is 1.72 bits per heavy atom. The monoisotopic (exact) mass is 433 g/mol. The third-order valence-corrected chi connectivity index (χ3v) is 6.69. The van der Waals surface area contributed by atoms with Gasteiger partial charge in [-0.05, 0) is 30.7 Å². The van der Waals surface area contributed by atoms with E-state index in [4.69, 9.17) is 16.3 Å². The van der Waals surface area contributed by atoms with Crippen LogP contribution < -0.4 is 0 Å². The summed E-state index contributed by atoms with van der Waals surface area (Å²) in [6, 6.07) is 12.5. The number of allylic oxidation sites excluding steroid dienone is 1. The molecule has 0 amide bonds. The first-order chi connectivity index (χ1) is 13.8. The summed E-state index contributed by atoms with van der Waals surface area (Å²) in [5.74, 6) is -1.36. The number of Topliss-reactive ketones (excluding diaryl/α,β-unsaturated/α-hetero) is 1. The second kappa shape index (κ2) is 8.39. The predicted molar refractivity (Wildman–Crippen MR) is 110 cm³/mol. The van der Waals surface area contributed by atoms with Gasteiger partial charge in [0.05, 0.1) is 15.5 Å². The number of sulfonamides is 1. The fourth-order valence-electron chi connectivity index (χ4n) is 3.11. The van der Waals surface area contributed by atoms with Gasteiger partial charge in [0.1, 0.15) is 5.70 Å². The molecule has 0 fully saturated rings. The van der Waals surface area contributed by atoms with Crippen LogP contribution >= 0.6 is 11.6 Å². The number of halogens is 1. The van der Waals surface area contributed by atoms with E-state index >= 15 is 0 Å². The number of hydrogen-bond donors (Lipinski definition) is 0. The maximum absolute atomic E-state index is 13.2. The van der Waals surface area contributed by atoms with Crippen molar-refractivity contribution >= 4 is 39.1 Å². The van der Waals surface area contributed by atoms with E-state index in [1.54, 1.807) is 30.3 Å². The summed E-state index contributed by atoms with van der Waals surface area (Å²) in [7, 11) is -3.95. The van der Waals surface area contributed by atoms with Gasteiger partial charge in [-0.3, -0.25) is 9.10 Å². The Morgan fingerprint density at radius 3 is 2.38 bits per heavy atom. The lowest BCUT2D eigenvalue weighted by molar-refractivity contribution is -0.114. The molecule has 0 spiro atoms.